The first-order chi connectivity index (χ1) is 7.59. The van der Waals surface area contributed by atoms with E-state index in [2.05, 4.69) is 4.98 Å². The van der Waals surface area contributed by atoms with Crippen LogP contribution in [0.2, 0.25) is 0 Å². The molecule has 1 unspecified atom stereocenters. The van der Waals surface area contributed by atoms with Crippen molar-refractivity contribution >= 4 is 11.3 Å². The number of hydrogen-bond acceptors (Lipinski definition) is 3. The quantitative estimate of drug-likeness (QED) is 0.877. The van der Waals surface area contributed by atoms with Gasteiger partial charge in [-0.1, -0.05) is 6.07 Å². The Morgan fingerprint density at radius 3 is 2.44 bits per heavy atom. The third-order valence-corrected chi connectivity index (χ3v) is 3.15. The van der Waals surface area contributed by atoms with Gasteiger partial charge in [-0.25, -0.2) is 13.8 Å². The van der Waals surface area contributed by atoms with Crippen LogP contribution in [0.3, 0.4) is 0 Å². The van der Waals surface area contributed by atoms with Crippen molar-refractivity contribution in [2.24, 2.45) is 0 Å². The summed E-state index contributed by atoms with van der Waals surface area (Å²) < 4.78 is 26.8. The van der Waals surface area contributed by atoms with Crippen LogP contribution < -0.4 is 0 Å². The van der Waals surface area contributed by atoms with Crippen molar-refractivity contribution in [1.82, 2.24) is 4.98 Å². The van der Waals surface area contributed by atoms with Gasteiger partial charge in [0, 0.05) is 6.20 Å². The smallest absolute Gasteiger partial charge is 0.132 e. The summed E-state index contributed by atoms with van der Waals surface area (Å²) in [6, 6.07) is 3.50. The van der Waals surface area contributed by atoms with Gasteiger partial charge in [-0.2, -0.15) is 0 Å². The molecule has 0 aliphatic heterocycles. The largest absolute Gasteiger partial charge is 0.383 e. The van der Waals surface area contributed by atoms with E-state index < -0.39 is 17.7 Å². The molecule has 0 radical (unpaired) electrons. The molecule has 0 saturated heterocycles. The first kappa shape index (κ1) is 11.2. The number of halogens is 2. The molecule has 5 heteroatoms. The van der Waals surface area contributed by atoms with E-state index in [-0.39, 0.29) is 5.56 Å². The lowest BCUT2D eigenvalue weighted by molar-refractivity contribution is 0.212. The van der Waals surface area contributed by atoms with E-state index in [0.717, 1.165) is 17.1 Å². The Kier molecular flexibility index (Phi) is 2.98. The second kappa shape index (κ2) is 4.27. The number of hydrogen-bond donors (Lipinski definition) is 1. The Hall–Kier alpha value is -1.33. The van der Waals surface area contributed by atoms with Crippen molar-refractivity contribution < 1.29 is 13.9 Å². The van der Waals surface area contributed by atoms with Crippen LogP contribution in [0.5, 0.6) is 0 Å². The molecule has 84 valence electrons. The van der Waals surface area contributed by atoms with E-state index in [1.165, 1.54) is 23.6 Å². The second-order valence-electron chi connectivity index (χ2n) is 3.32. The Morgan fingerprint density at radius 1 is 1.31 bits per heavy atom. The van der Waals surface area contributed by atoms with Crippen LogP contribution in [-0.4, -0.2) is 10.1 Å². The van der Waals surface area contributed by atoms with E-state index in [4.69, 9.17) is 0 Å². The first-order valence-electron chi connectivity index (χ1n) is 4.64. The van der Waals surface area contributed by atoms with Gasteiger partial charge >= 0.3 is 0 Å². The van der Waals surface area contributed by atoms with Crippen molar-refractivity contribution in [3.63, 3.8) is 0 Å². The number of aromatic nitrogens is 1. The summed E-state index contributed by atoms with van der Waals surface area (Å²) in [7, 11) is 0. The van der Waals surface area contributed by atoms with E-state index in [1.54, 1.807) is 6.92 Å². The number of aliphatic hydroxyl groups is 1. The SMILES string of the molecule is Cc1ncc(C(O)c2c(F)cccc2F)s1. The third kappa shape index (κ3) is 1.96. The summed E-state index contributed by atoms with van der Waals surface area (Å²) in [5.74, 6) is -1.50. The molecule has 1 N–H and O–H groups in total. The minimum atomic E-state index is -1.30. The topological polar surface area (TPSA) is 33.1 Å². The molecule has 2 aromatic rings. The second-order valence-corrected chi connectivity index (χ2v) is 4.59. The van der Waals surface area contributed by atoms with Gasteiger partial charge < -0.3 is 5.11 Å². The summed E-state index contributed by atoms with van der Waals surface area (Å²) in [5, 5.41) is 10.6. The lowest BCUT2D eigenvalue weighted by atomic mass is 10.1. The minimum Gasteiger partial charge on any atom is -0.383 e. The maximum Gasteiger partial charge on any atom is 0.132 e. The molecule has 1 heterocycles. The van der Waals surface area contributed by atoms with E-state index >= 15 is 0 Å². The Balaban J connectivity index is 2.45. The van der Waals surface area contributed by atoms with Gasteiger partial charge in [0.25, 0.3) is 0 Å². The highest BCUT2D eigenvalue weighted by Gasteiger charge is 2.20. The average Bonchev–Trinajstić information content (AvgIpc) is 2.64. The summed E-state index contributed by atoms with van der Waals surface area (Å²) in [6.07, 6.45) is 0.128. The van der Waals surface area contributed by atoms with Gasteiger partial charge in [0.05, 0.1) is 15.4 Å². The molecule has 0 amide bonds. The van der Waals surface area contributed by atoms with Crippen molar-refractivity contribution in [3.05, 3.63) is 51.5 Å². The first-order valence-corrected chi connectivity index (χ1v) is 5.45. The van der Waals surface area contributed by atoms with Gasteiger partial charge in [-0.15, -0.1) is 11.3 Å². The van der Waals surface area contributed by atoms with Crippen LogP contribution >= 0.6 is 11.3 Å². The summed E-state index contributed by atoms with van der Waals surface area (Å²) in [6.45, 7) is 1.76. The van der Waals surface area contributed by atoms with Gasteiger partial charge in [0.1, 0.15) is 17.7 Å². The average molecular weight is 241 g/mol. The zero-order valence-corrected chi connectivity index (χ0v) is 9.26. The molecule has 1 atom stereocenters. The molecule has 2 nitrogen and oxygen atoms in total. The molecule has 0 aliphatic carbocycles. The lowest BCUT2D eigenvalue weighted by Gasteiger charge is -2.10. The Morgan fingerprint density at radius 2 is 1.94 bits per heavy atom. The maximum atomic E-state index is 13.4. The number of aryl methyl sites for hydroxylation is 1. The maximum absolute atomic E-state index is 13.4. The fraction of sp³-hybridized carbons (Fsp3) is 0.182. The molecule has 2 rings (SSSR count). The predicted octanol–water partition coefficient (Wildman–Crippen LogP) is 2.81. The van der Waals surface area contributed by atoms with E-state index in [0.29, 0.717) is 4.88 Å². The van der Waals surface area contributed by atoms with E-state index in [9.17, 15) is 13.9 Å². The number of thiazole rings is 1. The molecule has 0 bridgehead atoms. The standard InChI is InChI=1S/C11H9F2NOS/c1-6-14-5-9(16-6)11(15)10-7(12)3-2-4-8(10)13/h2-5,11,15H,1H3. The number of benzene rings is 1. The molecule has 1 aromatic heterocycles. The summed E-state index contributed by atoms with van der Waals surface area (Å²) in [5.41, 5.74) is -0.328. The zero-order chi connectivity index (χ0) is 11.7. The Bertz CT molecular complexity index is 492. The van der Waals surface area contributed by atoms with Crippen LogP contribution in [0.4, 0.5) is 8.78 Å². The van der Waals surface area contributed by atoms with Crippen molar-refractivity contribution in [3.8, 4) is 0 Å². The lowest BCUT2D eigenvalue weighted by Crippen LogP contribution is -2.03. The van der Waals surface area contributed by atoms with Crippen LogP contribution in [0, 0.1) is 18.6 Å². The highest BCUT2D eigenvalue weighted by atomic mass is 32.1. The van der Waals surface area contributed by atoms with Gasteiger partial charge in [-0.3, -0.25) is 0 Å². The molecule has 0 spiro atoms. The molecule has 0 fully saturated rings. The molecule has 0 aliphatic rings. The monoisotopic (exact) mass is 241 g/mol. The molecular formula is C11H9F2NOS. The number of nitrogens with zero attached hydrogens (tertiary/aromatic N) is 1. The summed E-state index contributed by atoms with van der Waals surface area (Å²) in [4.78, 5) is 4.37. The highest BCUT2D eigenvalue weighted by Crippen LogP contribution is 2.29. The van der Waals surface area contributed by atoms with Gasteiger partial charge in [-0.05, 0) is 19.1 Å². The highest BCUT2D eigenvalue weighted by molar-refractivity contribution is 7.11. The fourth-order valence-corrected chi connectivity index (χ4v) is 2.20. The summed E-state index contributed by atoms with van der Waals surface area (Å²) >= 11 is 1.21. The van der Waals surface area contributed by atoms with Gasteiger partial charge in [0.15, 0.2) is 0 Å². The number of aliphatic hydroxyl groups excluding tert-OH is 1. The molecule has 1 aromatic carbocycles. The van der Waals surface area contributed by atoms with Crippen LogP contribution in [0.25, 0.3) is 0 Å². The molecule has 16 heavy (non-hydrogen) atoms. The normalized spacial score (nSPS) is 12.8. The predicted molar refractivity (Wildman–Crippen MR) is 57.3 cm³/mol. The fourth-order valence-electron chi connectivity index (χ4n) is 1.42. The molecular weight excluding hydrogens is 232 g/mol. The van der Waals surface area contributed by atoms with Crippen molar-refractivity contribution in [1.29, 1.82) is 0 Å². The Labute approximate surface area is 95.2 Å². The van der Waals surface area contributed by atoms with Crippen LogP contribution in [0.1, 0.15) is 21.6 Å². The van der Waals surface area contributed by atoms with Gasteiger partial charge in [0.2, 0.25) is 0 Å². The van der Waals surface area contributed by atoms with Crippen LogP contribution in [0.15, 0.2) is 24.4 Å². The number of rotatable bonds is 2. The van der Waals surface area contributed by atoms with E-state index in [1.807, 2.05) is 0 Å². The minimum absolute atomic E-state index is 0.328. The third-order valence-electron chi connectivity index (χ3n) is 2.18. The van der Waals surface area contributed by atoms with Crippen molar-refractivity contribution in [2.75, 3.05) is 0 Å². The van der Waals surface area contributed by atoms with Crippen LogP contribution in [-0.2, 0) is 0 Å². The molecule has 0 saturated carbocycles. The van der Waals surface area contributed by atoms with Crippen molar-refractivity contribution in [2.45, 2.75) is 13.0 Å². The zero-order valence-electron chi connectivity index (χ0n) is 8.45.